The van der Waals surface area contributed by atoms with Gasteiger partial charge in [0.25, 0.3) is 0 Å². The number of amides is 2. The fourth-order valence-electron chi connectivity index (χ4n) is 1.61. The molecule has 0 saturated carbocycles. The van der Waals surface area contributed by atoms with Crippen molar-refractivity contribution in [2.24, 2.45) is 5.92 Å². The maximum atomic E-state index is 11.5. The Labute approximate surface area is 83.6 Å². The zero-order chi connectivity index (χ0) is 10.7. The lowest BCUT2D eigenvalue weighted by Crippen LogP contribution is -2.60. The summed E-state index contributed by atoms with van der Waals surface area (Å²) in [6.07, 6.45) is 5.15. The van der Waals surface area contributed by atoms with E-state index in [2.05, 4.69) is 11.2 Å². The van der Waals surface area contributed by atoms with Crippen LogP contribution in [-0.2, 0) is 9.59 Å². The van der Waals surface area contributed by atoms with E-state index in [1.54, 1.807) is 0 Å². The minimum atomic E-state index is -0.424. The molecule has 4 heteroatoms. The summed E-state index contributed by atoms with van der Waals surface area (Å²) in [5, 5.41) is 2.55. The molecule has 4 nitrogen and oxygen atoms in total. The second-order valence-corrected chi connectivity index (χ2v) is 3.63. The monoisotopic (exact) mass is 194 g/mol. The van der Waals surface area contributed by atoms with Crippen LogP contribution in [0.3, 0.4) is 0 Å². The first-order valence-corrected chi connectivity index (χ1v) is 4.58. The molecule has 1 rings (SSSR count). The highest BCUT2D eigenvalue weighted by molar-refractivity contribution is 5.95. The molecule has 14 heavy (non-hydrogen) atoms. The summed E-state index contributed by atoms with van der Waals surface area (Å²) in [6.45, 7) is 4.05. The van der Waals surface area contributed by atoms with Gasteiger partial charge in [0, 0.05) is 0 Å². The highest BCUT2D eigenvalue weighted by Crippen LogP contribution is 2.13. The number of nitrogens with one attached hydrogen (secondary N) is 1. The molecule has 0 radical (unpaired) electrons. The van der Waals surface area contributed by atoms with E-state index >= 15 is 0 Å². The van der Waals surface area contributed by atoms with E-state index in [0.717, 1.165) is 0 Å². The van der Waals surface area contributed by atoms with Crippen molar-refractivity contribution in [3.8, 4) is 12.3 Å². The van der Waals surface area contributed by atoms with Crippen LogP contribution < -0.4 is 5.32 Å². The Hall–Kier alpha value is -1.50. The molecule has 1 N–H and O–H groups in total. The van der Waals surface area contributed by atoms with Gasteiger partial charge < -0.3 is 10.2 Å². The van der Waals surface area contributed by atoms with Crippen molar-refractivity contribution in [3.63, 3.8) is 0 Å². The molecular weight excluding hydrogens is 180 g/mol. The summed E-state index contributed by atoms with van der Waals surface area (Å²) in [7, 11) is 0. The Kier molecular flexibility index (Phi) is 3.13. The summed E-state index contributed by atoms with van der Waals surface area (Å²) in [5.41, 5.74) is 0. The van der Waals surface area contributed by atoms with Crippen molar-refractivity contribution in [2.75, 3.05) is 13.1 Å². The van der Waals surface area contributed by atoms with Gasteiger partial charge in [-0.05, 0) is 5.92 Å². The van der Waals surface area contributed by atoms with Crippen molar-refractivity contribution in [3.05, 3.63) is 0 Å². The predicted octanol–water partition coefficient (Wildman–Crippen LogP) is -0.397. The van der Waals surface area contributed by atoms with Gasteiger partial charge in [-0.3, -0.25) is 9.59 Å². The molecule has 0 spiro atoms. The normalized spacial score (nSPS) is 22.1. The number of hydrogen-bond acceptors (Lipinski definition) is 2. The van der Waals surface area contributed by atoms with Crippen molar-refractivity contribution in [1.29, 1.82) is 0 Å². The van der Waals surface area contributed by atoms with Crippen LogP contribution in [0.25, 0.3) is 0 Å². The van der Waals surface area contributed by atoms with Crippen molar-refractivity contribution in [2.45, 2.75) is 19.9 Å². The maximum Gasteiger partial charge on any atom is 0.243 e. The van der Waals surface area contributed by atoms with Gasteiger partial charge in [-0.15, -0.1) is 6.42 Å². The topological polar surface area (TPSA) is 49.4 Å². The van der Waals surface area contributed by atoms with Gasteiger partial charge in [-0.25, -0.2) is 0 Å². The van der Waals surface area contributed by atoms with Crippen molar-refractivity contribution >= 4 is 11.8 Å². The van der Waals surface area contributed by atoms with E-state index < -0.39 is 6.04 Å². The molecule has 0 aromatic heterocycles. The fourth-order valence-corrected chi connectivity index (χ4v) is 1.61. The number of carbonyl (C=O) groups excluding carboxylic acids is 2. The van der Waals surface area contributed by atoms with Crippen LogP contribution in [0.4, 0.5) is 0 Å². The van der Waals surface area contributed by atoms with E-state index in [9.17, 15) is 9.59 Å². The largest absolute Gasteiger partial charge is 0.345 e. The van der Waals surface area contributed by atoms with E-state index in [-0.39, 0.29) is 30.8 Å². The second kappa shape index (κ2) is 4.14. The third kappa shape index (κ3) is 1.87. The number of piperazine rings is 1. The third-order valence-corrected chi connectivity index (χ3v) is 2.23. The zero-order valence-electron chi connectivity index (χ0n) is 8.41. The van der Waals surface area contributed by atoms with Gasteiger partial charge in [0.15, 0.2) is 0 Å². The number of rotatable bonds is 2. The third-order valence-electron chi connectivity index (χ3n) is 2.23. The molecule has 76 valence electrons. The smallest absolute Gasteiger partial charge is 0.243 e. The summed E-state index contributed by atoms with van der Waals surface area (Å²) in [4.78, 5) is 24.4. The number of terminal acetylenes is 1. The van der Waals surface area contributed by atoms with Crippen molar-refractivity contribution < 1.29 is 9.59 Å². The first-order valence-electron chi connectivity index (χ1n) is 4.58. The van der Waals surface area contributed by atoms with Gasteiger partial charge in [0.05, 0.1) is 13.1 Å². The summed E-state index contributed by atoms with van der Waals surface area (Å²) >= 11 is 0. The quantitative estimate of drug-likeness (QED) is 0.608. The summed E-state index contributed by atoms with van der Waals surface area (Å²) in [6, 6.07) is -0.424. The van der Waals surface area contributed by atoms with Gasteiger partial charge >= 0.3 is 0 Å². The average Bonchev–Trinajstić information content (AvgIpc) is 2.11. The lowest BCUT2D eigenvalue weighted by Gasteiger charge is -2.35. The molecule has 2 amide bonds. The van der Waals surface area contributed by atoms with Crippen LogP contribution in [0.5, 0.6) is 0 Å². The Morgan fingerprint density at radius 1 is 1.64 bits per heavy atom. The van der Waals surface area contributed by atoms with Crippen LogP contribution in [0.2, 0.25) is 0 Å². The lowest BCUT2D eigenvalue weighted by molar-refractivity contribution is -0.146. The fraction of sp³-hybridized carbons (Fsp3) is 0.600. The Bertz CT molecular complexity index is 291. The molecule has 0 bridgehead atoms. The van der Waals surface area contributed by atoms with E-state index in [4.69, 9.17) is 6.42 Å². The molecule has 0 aromatic carbocycles. The number of hydrogen-bond donors (Lipinski definition) is 1. The molecule has 1 aliphatic rings. The van der Waals surface area contributed by atoms with Gasteiger partial charge in [0.2, 0.25) is 11.8 Å². The molecule has 0 aliphatic carbocycles. The molecule has 1 heterocycles. The first kappa shape index (κ1) is 10.6. The van der Waals surface area contributed by atoms with Gasteiger partial charge in [0.1, 0.15) is 6.04 Å². The Morgan fingerprint density at radius 3 is 2.79 bits per heavy atom. The van der Waals surface area contributed by atoms with Crippen LogP contribution in [0, 0.1) is 18.3 Å². The predicted molar refractivity (Wildman–Crippen MR) is 52.2 cm³/mol. The molecule has 1 aliphatic heterocycles. The van der Waals surface area contributed by atoms with Gasteiger partial charge in [-0.1, -0.05) is 19.8 Å². The van der Waals surface area contributed by atoms with E-state index in [1.807, 2.05) is 13.8 Å². The Morgan fingerprint density at radius 2 is 2.29 bits per heavy atom. The number of nitrogens with zero attached hydrogens (tertiary/aromatic N) is 1. The summed E-state index contributed by atoms with van der Waals surface area (Å²) in [5.74, 6) is 2.25. The minimum absolute atomic E-state index is 0.0593. The molecule has 1 fully saturated rings. The molecule has 0 aromatic rings. The van der Waals surface area contributed by atoms with Crippen LogP contribution in [-0.4, -0.2) is 35.8 Å². The van der Waals surface area contributed by atoms with Crippen LogP contribution in [0.15, 0.2) is 0 Å². The second-order valence-electron chi connectivity index (χ2n) is 3.63. The molecule has 1 unspecified atom stereocenters. The lowest BCUT2D eigenvalue weighted by atomic mass is 9.99. The van der Waals surface area contributed by atoms with E-state index in [0.29, 0.717) is 0 Å². The standard InChI is InChI=1S/C10H14N2O2/c1-4-5-12-8(13)6-11-10(14)9(12)7(2)3/h1,7,9H,5-6H2,2-3H3,(H,11,14). The number of carbonyl (C=O) groups is 2. The molecule has 1 saturated heterocycles. The summed E-state index contributed by atoms with van der Waals surface area (Å²) < 4.78 is 0. The maximum absolute atomic E-state index is 11.5. The molecule has 1 atom stereocenters. The van der Waals surface area contributed by atoms with Gasteiger partial charge in [-0.2, -0.15) is 0 Å². The van der Waals surface area contributed by atoms with Crippen LogP contribution in [0.1, 0.15) is 13.8 Å². The minimum Gasteiger partial charge on any atom is -0.345 e. The molecular formula is C10H14N2O2. The van der Waals surface area contributed by atoms with Crippen molar-refractivity contribution in [1.82, 2.24) is 10.2 Å². The average molecular weight is 194 g/mol. The van der Waals surface area contributed by atoms with E-state index in [1.165, 1.54) is 4.90 Å². The zero-order valence-corrected chi connectivity index (χ0v) is 8.41. The highest BCUT2D eigenvalue weighted by Gasteiger charge is 2.35. The highest BCUT2D eigenvalue weighted by atomic mass is 16.2. The Balaban J connectivity index is 2.87. The van der Waals surface area contributed by atoms with Crippen LogP contribution >= 0.6 is 0 Å². The SMILES string of the molecule is C#CCN1C(=O)CNC(=O)C1C(C)C. The first-order chi connectivity index (χ1) is 6.57.